The third-order valence-electron chi connectivity index (χ3n) is 3.69. The van der Waals surface area contributed by atoms with Crippen LogP contribution in [0.5, 0.6) is 0 Å². The normalized spacial score (nSPS) is 13.2. The van der Waals surface area contributed by atoms with E-state index in [0.29, 0.717) is 0 Å². The molecule has 0 aliphatic carbocycles. The molecule has 0 saturated carbocycles. The van der Waals surface area contributed by atoms with Crippen molar-refractivity contribution in [2.24, 2.45) is 0 Å². The van der Waals surface area contributed by atoms with Gasteiger partial charge in [0.05, 0.1) is 9.79 Å². The highest BCUT2D eigenvalue weighted by Gasteiger charge is 2.40. The highest BCUT2D eigenvalue weighted by atomic mass is 32.3. The molecule has 0 spiro atoms. The largest absolute Gasteiger partial charge is 0.222 e. The summed E-state index contributed by atoms with van der Waals surface area (Å²) in [4.78, 5) is -0.0742. The summed E-state index contributed by atoms with van der Waals surface area (Å²) in [7, 11) is -8.32. The average Bonchev–Trinajstić information content (AvgIpc) is 2.63. The summed E-state index contributed by atoms with van der Waals surface area (Å²) in [6.07, 6.45) is 6.17. The molecule has 26 heavy (non-hydrogen) atoms. The first-order valence-corrected chi connectivity index (χ1v) is 10.9. The minimum Gasteiger partial charge on any atom is -0.222 e. The summed E-state index contributed by atoms with van der Waals surface area (Å²) in [6.45, 7) is 5.04. The predicted octanol–water partition coefficient (Wildman–Crippen LogP) is 3.95. The molecular weight excluding hydrogens is 368 g/mol. The Kier molecular flexibility index (Phi) is 6.34. The zero-order valence-corrected chi connectivity index (χ0v) is 15.9. The van der Waals surface area contributed by atoms with E-state index in [0.717, 1.165) is 0 Å². The quantitative estimate of drug-likeness (QED) is 0.674. The maximum atomic E-state index is 13.2. The second kappa shape index (κ2) is 8.29. The molecule has 0 aliphatic heterocycles. The van der Waals surface area contributed by atoms with Gasteiger partial charge in [0.2, 0.25) is 0 Å². The fraction of sp³-hybridized carbons (Fsp3) is 0.100. The molecule has 2 aromatic rings. The third-order valence-corrected chi connectivity index (χ3v) is 8.93. The molecule has 4 nitrogen and oxygen atoms in total. The van der Waals surface area contributed by atoms with Crippen LogP contribution in [0.4, 0.5) is 0 Å². The van der Waals surface area contributed by atoms with E-state index >= 15 is 0 Å². The first-order valence-electron chi connectivity index (χ1n) is 7.85. The molecule has 136 valence electrons. The maximum absolute atomic E-state index is 13.2. The second-order valence-electron chi connectivity index (χ2n) is 5.58. The summed E-state index contributed by atoms with van der Waals surface area (Å²) in [6, 6.07) is 15.2. The highest BCUT2D eigenvalue weighted by molar-refractivity contribution is 8.09. The van der Waals surface area contributed by atoms with Gasteiger partial charge >= 0.3 is 0 Å². The van der Waals surface area contributed by atoms with Crippen LogP contribution < -0.4 is 0 Å². The van der Waals surface area contributed by atoms with Crippen molar-refractivity contribution in [3.05, 3.63) is 97.1 Å². The molecule has 0 radical (unpaired) electrons. The highest BCUT2D eigenvalue weighted by Crippen LogP contribution is 2.30. The van der Waals surface area contributed by atoms with Crippen LogP contribution in [0.1, 0.15) is 6.92 Å². The Morgan fingerprint density at radius 1 is 0.808 bits per heavy atom. The lowest BCUT2D eigenvalue weighted by Crippen LogP contribution is -2.32. The lowest BCUT2D eigenvalue weighted by molar-refractivity contribution is 0.580. The summed E-state index contributed by atoms with van der Waals surface area (Å²) < 4.78 is 50.9. The van der Waals surface area contributed by atoms with E-state index < -0.39 is 24.3 Å². The van der Waals surface area contributed by atoms with E-state index in [4.69, 9.17) is 0 Å². The van der Waals surface area contributed by atoms with Gasteiger partial charge in [0.25, 0.3) is 0 Å². The van der Waals surface area contributed by atoms with Gasteiger partial charge in [-0.25, -0.2) is 16.8 Å². The van der Waals surface area contributed by atoms with Crippen LogP contribution in [-0.4, -0.2) is 21.4 Å². The first-order chi connectivity index (χ1) is 12.3. The van der Waals surface area contributed by atoms with Gasteiger partial charge in [0.15, 0.2) is 24.3 Å². The molecule has 0 heterocycles. The summed E-state index contributed by atoms with van der Waals surface area (Å²) >= 11 is 0. The van der Waals surface area contributed by atoms with Crippen molar-refractivity contribution in [3.8, 4) is 0 Å². The lowest BCUT2D eigenvalue weighted by Gasteiger charge is -2.19. The van der Waals surface area contributed by atoms with E-state index in [9.17, 15) is 16.8 Å². The number of rotatable bonds is 7. The van der Waals surface area contributed by atoms with Crippen molar-refractivity contribution in [1.29, 1.82) is 0 Å². The molecule has 0 aliphatic rings. The Morgan fingerprint density at radius 2 is 1.23 bits per heavy atom. The van der Waals surface area contributed by atoms with Crippen molar-refractivity contribution in [2.75, 3.05) is 0 Å². The third kappa shape index (κ3) is 4.20. The van der Waals surface area contributed by atoms with Crippen LogP contribution >= 0.6 is 0 Å². The van der Waals surface area contributed by atoms with Crippen LogP contribution in [0.2, 0.25) is 0 Å². The summed E-state index contributed by atoms with van der Waals surface area (Å²) in [5.41, 5.74) is 0.204. The Bertz CT molecular complexity index is 948. The standard InChI is InChI=1S/C20H20O4S2/c1-3-4-7-12-17(2)20(25(21,22)18-13-8-5-9-14-18)26(23,24)19-15-10-6-11-16-19/h3-16,20H,1H2,2H3/b7-4-,17-12+. The van der Waals surface area contributed by atoms with Gasteiger partial charge in [-0.15, -0.1) is 0 Å². The van der Waals surface area contributed by atoms with Crippen molar-refractivity contribution in [2.45, 2.75) is 21.3 Å². The number of hydrogen-bond acceptors (Lipinski definition) is 4. The van der Waals surface area contributed by atoms with Crippen LogP contribution in [0.25, 0.3) is 0 Å². The summed E-state index contributed by atoms with van der Waals surface area (Å²) in [5, 5.41) is 0. The van der Waals surface area contributed by atoms with Crippen molar-refractivity contribution in [1.82, 2.24) is 0 Å². The molecule has 0 atom stereocenters. The number of hydrogen-bond donors (Lipinski definition) is 0. The van der Waals surface area contributed by atoms with Crippen LogP contribution in [0.3, 0.4) is 0 Å². The Hall–Kier alpha value is -2.44. The molecule has 0 bridgehead atoms. The van der Waals surface area contributed by atoms with Crippen LogP contribution in [0, 0.1) is 0 Å². The van der Waals surface area contributed by atoms with E-state index in [1.807, 2.05) is 0 Å². The zero-order chi connectivity index (χ0) is 19.2. The fourth-order valence-electron chi connectivity index (χ4n) is 2.49. The van der Waals surface area contributed by atoms with Gasteiger partial charge in [-0.1, -0.05) is 67.3 Å². The van der Waals surface area contributed by atoms with Crippen molar-refractivity contribution in [3.63, 3.8) is 0 Å². The Balaban J connectivity index is 2.70. The molecule has 0 saturated heterocycles. The minimum atomic E-state index is -4.16. The molecule has 6 heteroatoms. The summed E-state index contributed by atoms with van der Waals surface area (Å²) in [5.74, 6) is 0. The minimum absolute atomic E-state index is 0.0371. The van der Waals surface area contributed by atoms with E-state index in [1.54, 1.807) is 48.6 Å². The van der Waals surface area contributed by atoms with E-state index in [2.05, 4.69) is 6.58 Å². The van der Waals surface area contributed by atoms with Crippen molar-refractivity contribution < 1.29 is 16.8 Å². The SMILES string of the molecule is C=C/C=C\C=C(/C)C(S(=O)(=O)c1ccccc1)S(=O)(=O)c1ccccc1. The van der Waals surface area contributed by atoms with Crippen molar-refractivity contribution >= 4 is 19.7 Å². The monoisotopic (exact) mass is 388 g/mol. The topological polar surface area (TPSA) is 68.3 Å². The van der Waals surface area contributed by atoms with Gasteiger partial charge in [-0.05, 0) is 36.8 Å². The first kappa shape index (κ1) is 19.9. The van der Waals surface area contributed by atoms with Gasteiger partial charge in [0.1, 0.15) is 0 Å². The molecule has 0 unspecified atom stereocenters. The Labute approximate surface area is 155 Å². The smallest absolute Gasteiger partial charge is 0.199 e. The number of benzene rings is 2. The number of sulfone groups is 2. The lowest BCUT2D eigenvalue weighted by atomic mass is 10.3. The van der Waals surface area contributed by atoms with E-state index in [1.165, 1.54) is 43.3 Å². The second-order valence-corrected chi connectivity index (χ2v) is 9.94. The molecule has 0 aromatic heterocycles. The fourth-order valence-corrected chi connectivity index (χ4v) is 7.19. The van der Waals surface area contributed by atoms with Crippen LogP contribution in [0.15, 0.2) is 107 Å². The number of allylic oxidation sites excluding steroid dienone is 4. The molecule has 0 fully saturated rings. The zero-order valence-electron chi connectivity index (χ0n) is 14.3. The molecule has 2 aromatic carbocycles. The molecule has 0 N–H and O–H groups in total. The van der Waals surface area contributed by atoms with Gasteiger partial charge < -0.3 is 0 Å². The molecular formula is C20H20O4S2. The van der Waals surface area contributed by atoms with Gasteiger partial charge in [0, 0.05) is 0 Å². The van der Waals surface area contributed by atoms with Gasteiger partial charge in [-0.2, -0.15) is 0 Å². The average molecular weight is 389 g/mol. The predicted molar refractivity (Wildman–Crippen MR) is 104 cm³/mol. The molecule has 2 rings (SSSR count). The molecule has 0 amide bonds. The van der Waals surface area contributed by atoms with E-state index in [-0.39, 0.29) is 15.4 Å². The van der Waals surface area contributed by atoms with Crippen LogP contribution in [-0.2, 0) is 19.7 Å². The van der Waals surface area contributed by atoms with Gasteiger partial charge in [-0.3, -0.25) is 0 Å². The maximum Gasteiger partial charge on any atom is 0.199 e. The Morgan fingerprint density at radius 3 is 1.62 bits per heavy atom.